The van der Waals surface area contributed by atoms with Gasteiger partial charge >= 0.3 is 0 Å². The standard InChI is InChI=1S/C14H18INO3/c1-3-4-7-16(9-10(2)17)14(19)12-8-11(15)5-6-13(12)18/h4-8,10,17-18H,3,9H2,1-2H3. The number of rotatable bonds is 5. The summed E-state index contributed by atoms with van der Waals surface area (Å²) in [5.41, 5.74) is 0.244. The average Bonchev–Trinajstić information content (AvgIpc) is 2.36. The summed E-state index contributed by atoms with van der Waals surface area (Å²) < 4.78 is 0.871. The highest BCUT2D eigenvalue weighted by Gasteiger charge is 2.18. The molecule has 0 heterocycles. The quantitative estimate of drug-likeness (QED) is 0.779. The first-order chi connectivity index (χ1) is 8.95. The Morgan fingerprint density at radius 1 is 1.53 bits per heavy atom. The van der Waals surface area contributed by atoms with Gasteiger partial charge in [0.05, 0.1) is 18.2 Å². The van der Waals surface area contributed by atoms with E-state index in [0.717, 1.165) is 9.99 Å². The minimum atomic E-state index is -0.629. The van der Waals surface area contributed by atoms with Crippen LogP contribution >= 0.6 is 22.6 Å². The molecule has 1 rings (SSSR count). The Morgan fingerprint density at radius 2 is 2.21 bits per heavy atom. The van der Waals surface area contributed by atoms with E-state index < -0.39 is 6.10 Å². The number of allylic oxidation sites excluding steroid dienone is 1. The maximum absolute atomic E-state index is 12.4. The maximum atomic E-state index is 12.4. The Labute approximate surface area is 126 Å². The molecule has 104 valence electrons. The van der Waals surface area contributed by atoms with Crippen molar-refractivity contribution in [3.05, 3.63) is 39.6 Å². The number of aliphatic hydroxyl groups excluding tert-OH is 1. The fraction of sp³-hybridized carbons (Fsp3) is 0.357. The molecule has 1 amide bonds. The molecule has 0 fully saturated rings. The zero-order valence-electron chi connectivity index (χ0n) is 11.0. The summed E-state index contributed by atoms with van der Waals surface area (Å²) in [5, 5.41) is 19.2. The van der Waals surface area contributed by atoms with Gasteiger partial charge in [-0.2, -0.15) is 0 Å². The predicted molar refractivity (Wildman–Crippen MR) is 83.0 cm³/mol. The van der Waals surface area contributed by atoms with E-state index in [4.69, 9.17) is 0 Å². The molecule has 5 heteroatoms. The number of nitrogens with zero attached hydrogens (tertiary/aromatic N) is 1. The minimum Gasteiger partial charge on any atom is -0.507 e. The number of phenols is 1. The Bertz CT molecular complexity index is 472. The lowest BCUT2D eigenvalue weighted by Crippen LogP contribution is -2.32. The minimum absolute atomic E-state index is 0.0501. The molecule has 4 nitrogen and oxygen atoms in total. The molecule has 0 aromatic heterocycles. The summed E-state index contributed by atoms with van der Waals surface area (Å²) >= 11 is 2.08. The molecular formula is C14H18INO3. The summed E-state index contributed by atoms with van der Waals surface area (Å²) in [7, 11) is 0. The molecule has 1 unspecified atom stereocenters. The number of amides is 1. The fourth-order valence-corrected chi connectivity index (χ4v) is 2.05. The molecule has 1 aromatic rings. The second kappa shape index (κ2) is 7.49. The summed E-state index contributed by atoms with van der Waals surface area (Å²) in [6.45, 7) is 3.78. The van der Waals surface area contributed by atoms with E-state index >= 15 is 0 Å². The zero-order valence-corrected chi connectivity index (χ0v) is 13.2. The molecule has 0 bridgehead atoms. The number of benzene rings is 1. The summed E-state index contributed by atoms with van der Waals surface area (Å²) in [6, 6.07) is 4.86. The van der Waals surface area contributed by atoms with Crippen LogP contribution in [0.15, 0.2) is 30.5 Å². The lowest BCUT2D eigenvalue weighted by Gasteiger charge is -2.20. The number of hydrogen-bond acceptors (Lipinski definition) is 3. The second-order valence-electron chi connectivity index (χ2n) is 4.26. The highest BCUT2D eigenvalue weighted by Crippen LogP contribution is 2.21. The molecule has 0 spiro atoms. The third-order valence-electron chi connectivity index (χ3n) is 2.43. The average molecular weight is 375 g/mol. The van der Waals surface area contributed by atoms with Crippen molar-refractivity contribution in [1.29, 1.82) is 0 Å². The molecule has 1 aromatic carbocycles. The Kier molecular flexibility index (Phi) is 6.30. The van der Waals surface area contributed by atoms with Crippen LogP contribution in [0.1, 0.15) is 30.6 Å². The molecule has 0 saturated heterocycles. The first kappa shape index (κ1) is 16.0. The maximum Gasteiger partial charge on any atom is 0.261 e. The van der Waals surface area contributed by atoms with Crippen molar-refractivity contribution < 1.29 is 15.0 Å². The van der Waals surface area contributed by atoms with Crippen molar-refractivity contribution in [3.8, 4) is 5.75 Å². The summed E-state index contributed by atoms with van der Waals surface area (Å²) in [4.78, 5) is 13.8. The van der Waals surface area contributed by atoms with Crippen molar-refractivity contribution in [3.63, 3.8) is 0 Å². The molecule has 1 atom stereocenters. The molecule has 0 aliphatic heterocycles. The Morgan fingerprint density at radius 3 is 2.79 bits per heavy atom. The number of phenolic OH excluding ortho intramolecular Hbond substituents is 1. The Balaban J connectivity index is 3.04. The molecule has 0 saturated carbocycles. The van der Waals surface area contributed by atoms with E-state index in [-0.39, 0.29) is 23.8 Å². The SMILES string of the molecule is CCC=CN(CC(C)O)C(=O)c1cc(I)ccc1O. The van der Waals surface area contributed by atoms with Crippen molar-refractivity contribution in [1.82, 2.24) is 4.90 Å². The highest BCUT2D eigenvalue weighted by atomic mass is 127. The number of carbonyl (C=O) groups is 1. The number of halogens is 1. The topological polar surface area (TPSA) is 60.8 Å². The molecular weight excluding hydrogens is 357 g/mol. The van der Waals surface area contributed by atoms with Gasteiger partial charge in [0.25, 0.3) is 5.91 Å². The van der Waals surface area contributed by atoms with Crippen molar-refractivity contribution in [2.45, 2.75) is 26.4 Å². The number of hydrogen-bond donors (Lipinski definition) is 2. The molecule has 2 N–H and O–H groups in total. The van der Waals surface area contributed by atoms with Crippen LogP contribution < -0.4 is 0 Å². The van der Waals surface area contributed by atoms with Crippen molar-refractivity contribution in [2.75, 3.05) is 6.54 Å². The van der Waals surface area contributed by atoms with Crippen LogP contribution in [0, 0.1) is 3.57 Å². The predicted octanol–water partition coefficient (Wildman–Crippen LogP) is 2.74. The first-order valence-corrected chi connectivity index (χ1v) is 7.17. The van der Waals surface area contributed by atoms with Crippen LogP contribution in [-0.4, -0.2) is 33.7 Å². The number of aliphatic hydroxyl groups is 1. The molecule has 19 heavy (non-hydrogen) atoms. The van der Waals surface area contributed by atoms with E-state index in [0.29, 0.717) is 0 Å². The monoisotopic (exact) mass is 375 g/mol. The summed E-state index contributed by atoms with van der Waals surface area (Å²) in [6.07, 6.45) is 3.65. The van der Waals surface area contributed by atoms with Gasteiger partial charge in [0.2, 0.25) is 0 Å². The van der Waals surface area contributed by atoms with Crippen LogP contribution in [0.4, 0.5) is 0 Å². The third-order valence-corrected chi connectivity index (χ3v) is 3.10. The van der Waals surface area contributed by atoms with E-state index in [2.05, 4.69) is 22.6 Å². The number of carbonyl (C=O) groups excluding carboxylic acids is 1. The van der Waals surface area contributed by atoms with Gasteiger partial charge in [-0.1, -0.05) is 13.0 Å². The normalized spacial score (nSPS) is 12.6. The number of aromatic hydroxyl groups is 1. The van der Waals surface area contributed by atoms with Gasteiger partial charge in [0, 0.05) is 9.77 Å². The van der Waals surface area contributed by atoms with Crippen LogP contribution in [0.2, 0.25) is 0 Å². The second-order valence-corrected chi connectivity index (χ2v) is 5.51. The fourth-order valence-electron chi connectivity index (χ4n) is 1.56. The van der Waals surface area contributed by atoms with Gasteiger partial charge in [0.15, 0.2) is 0 Å². The van der Waals surface area contributed by atoms with E-state index in [9.17, 15) is 15.0 Å². The van der Waals surface area contributed by atoms with Crippen molar-refractivity contribution in [2.24, 2.45) is 0 Å². The molecule has 0 aliphatic rings. The van der Waals surface area contributed by atoms with Crippen molar-refractivity contribution >= 4 is 28.5 Å². The van der Waals surface area contributed by atoms with Gasteiger partial charge in [-0.25, -0.2) is 0 Å². The first-order valence-electron chi connectivity index (χ1n) is 6.10. The molecule has 0 aliphatic carbocycles. The lowest BCUT2D eigenvalue weighted by atomic mass is 10.1. The highest BCUT2D eigenvalue weighted by molar-refractivity contribution is 14.1. The van der Waals surface area contributed by atoms with E-state index in [1.165, 1.54) is 11.0 Å². The van der Waals surface area contributed by atoms with Gasteiger partial charge in [-0.3, -0.25) is 4.79 Å². The van der Waals surface area contributed by atoms with Crippen LogP contribution in [-0.2, 0) is 0 Å². The van der Waals surface area contributed by atoms with Crippen LogP contribution in [0.25, 0.3) is 0 Å². The zero-order chi connectivity index (χ0) is 14.4. The van der Waals surface area contributed by atoms with E-state index in [1.54, 1.807) is 25.3 Å². The smallest absolute Gasteiger partial charge is 0.261 e. The molecule has 0 radical (unpaired) electrons. The lowest BCUT2D eigenvalue weighted by molar-refractivity contribution is 0.0738. The summed E-state index contributed by atoms with van der Waals surface area (Å²) in [5.74, 6) is -0.368. The van der Waals surface area contributed by atoms with Crippen LogP contribution in [0.5, 0.6) is 5.75 Å². The van der Waals surface area contributed by atoms with Gasteiger partial charge in [-0.05, 0) is 54.1 Å². The Hall–Kier alpha value is -1.08. The van der Waals surface area contributed by atoms with Gasteiger partial charge < -0.3 is 15.1 Å². The third kappa shape index (κ3) is 4.83. The largest absolute Gasteiger partial charge is 0.507 e. The van der Waals surface area contributed by atoms with Gasteiger partial charge in [0.1, 0.15) is 5.75 Å². The van der Waals surface area contributed by atoms with Gasteiger partial charge in [-0.15, -0.1) is 0 Å². The van der Waals surface area contributed by atoms with Crippen LogP contribution in [0.3, 0.4) is 0 Å². The van der Waals surface area contributed by atoms with E-state index in [1.807, 2.05) is 13.0 Å².